The molecule has 3 rings (SSSR count). The van der Waals surface area contributed by atoms with Crippen LogP contribution in [0.5, 0.6) is 17.2 Å². The number of amides is 1. The Balaban J connectivity index is 1.63. The zero-order valence-corrected chi connectivity index (χ0v) is 17.6. The van der Waals surface area contributed by atoms with Gasteiger partial charge in [0, 0.05) is 19.2 Å². The number of Topliss-reactive ketones (excluding diaryl/α,β-unsaturated/α-hetero) is 1. The highest BCUT2D eigenvalue weighted by molar-refractivity contribution is 5.94. The number of hydrogen-bond acceptors (Lipinski definition) is 5. The lowest BCUT2D eigenvalue weighted by atomic mass is 10.1. The molecular weight excluding hydrogens is 382 g/mol. The highest BCUT2D eigenvalue weighted by atomic mass is 16.5. The van der Waals surface area contributed by atoms with Crippen LogP contribution in [0.15, 0.2) is 54.6 Å². The number of carbonyl (C=O) groups is 2. The van der Waals surface area contributed by atoms with Crippen molar-refractivity contribution in [3.8, 4) is 17.2 Å². The Morgan fingerprint density at radius 3 is 2.30 bits per heavy atom. The number of methoxy groups -OCH3 is 2. The van der Waals surface area contributed by atoms with Gasteiger partial charge in [0.15, 0.2) is 23.9 Å². The van der Waals surface area contributed by atoms with Gasteiger partial charge < -0.3 is 19.1 Å². The Kier molecular flexibility index (Phi) is 6.57. The maximum Gasteiger partial charge on any atom is 0.260 e. The first kappa shape index (κ1) is 21.2. The zero-order valence-electron chi connectivity index (χ0n) is 17.6. The summed E-state index contributed by atoms with van der Waals surface area (Å²) in [5.74, 6) is 1.42. The summed E-state index contributed by atoms with van der Waals surface area (Å²) in [5.41, 5.74) is 1.54. The van der Waals surface area contributed by atoms with E-state index in [0.717, 1.165) is 22.1 Å². The summed E-state index contributed by atoms with van der Waals surface area (Å²) in [6.07, 6.45) is 0. The van der Waals surface area contributed by atoms with Crippen LogP contribution in [0.3, 0.4) is 0 Å². The third kappa shape index (κ3) is 4.89. The quantitative estimate of drug-likeness (QED) is 0.526. The molecule has 6 nitrogen and oxygen atoms in total. The Hall–Kier alpha value is -3.54. The number of nitrogens with zero attached hydrogens (tertiary/aromatic N) is 1. The van der Waals surface area contributed by atoms with E-state index in [0.29, 0.717) is 23.6 Å². The first-order valence-corrected chi connectivity index (χ1v) is 9.53. The van der Waals surface area contributed by atoms with Gasteiger partial charge in [-0.15, -0.1) is 0 Å². The van der Waals surface area contributed by atoms with Crippen molar-refractivity contribution in [3.63, 3.8) is 0 Å². The number of rotatable bonds is 8. The van der Waals surface area contributed by atoms with Crippen molar-refractivity contribution in [2.45, 2.75) is 13.5 Å². The van der Waals surface area contributed by atoms with E-state index in [4.69, 9.17) is 14.2 Å². The molecule has 30 heavy (non-hydrogen) atoms. The molecule has 0 unspecified atom stereocenters. The molecule has 3 aromatic rings. The van der Waals surface area contributed by atoms with Crippen LogP contribution in [0, 0.1) is 0 Å². The van der Waals surface area contributed by atoms with Crippen molar-refractivity contribution >= 4 is 22.5 Å². The van der Waals surface area contributed by atoms with E-state index in [1.54, 1.807) is 37.3 Å². The predicted octanol–water partition coefficient (Wildman–Crippen LogP) is 4.10. The minimum atomic E-state index is -0.164. The zero-order chi connectivity index (χ0) is 21.7. The highest BCUT2D eigenvalue weighted by Gasteiger charge is 2.14. The largest absolute Gasteiger partial charge is 0.497 e. The van der Waals surface area contributed by atoms with Crippen LogP contribution in [-0.2, 0) is 11.3 Å². The van der Waals surface area contributed by atoms with Gasteiger partial charge >= 0.3 is 0 Å². The van der Waals surface area contributed by atoms with E-state index in [2.05, 4.69) is 6.07 Å². The van der Waals surface area contributed by atoms with Gasteiger partial charge in [-0.3, -0.25) is 9.59 Å². The van der Waals surface area contributed by atoms with Gasteiger partial charge in [-0.2, -0.15) is 0 Å². The maximum absolute atomic E-state index is 12.5. The smallest absolute Gasteiger partial charge is 0.260 e. The van der Waals surface area contributed by atoms with Crippen LogP contribution in [0.2, 0.25) is 0 Å². The molecule has 156 valence electrons. The standard InChI is InChI=1S/C24H25NO5/c1-16(26)18-8-10-22(23(13-18)29-4)30-15-24(27)25(2)14-17-5-6-20-12-21(28-3)9-7-19(20)11-17/h5-13H,14-15H2,1-4H3. The van der Waals surface area contributed by atoms with Crippen molar-refractivity contribution in [2.24, 2.45) is 0 Å². The molecule has 0 aliphatic rings. The second-order valence-corrected chi connectivity index (χ2v) is 7.01. The molecule has 1 amide bonds. The highest BCUT2D eigenvalue weighted by Crippen LogP contribution is 2.28. The first-order chi connectivity index (χ1) is 14.4. The Bertz CT molecular complexity index is 1080. The summed E-state index contributed by atoms with van der Waals surface area (Å²) in [4.78, 5) is 25.6. The monoisotopic (exact) mass is 407 g/mol. The van der Waals surface area contributed by atoms with Crippen molar-refractivity contribution in [2.75, 3.05) is 27.9 Å². The fourth-order valence-electron chi connectivity index (χ4n) is 3.12. The molecule has 0 heterocycles. The van der Waals surface area contributed by atoms with E-state index >= 15 is 0 Å². The number of carbonyl (C=O) groups excluding carboxylic acids is 2. The van der Waals surface area contributed by atoms with Crippen LogP contribution in [-0.4, -0.2) is 44.5 Å². The first-order valence-electron chi connectivity index (χ1n) is 9.53. The molecule has 0 aliphatic heterocycles. The van der Waals surface area contributed by atoms with Crippen LogP contribution in [0.1, 0.15) is 22.8 Å². The van der Waals surface area contributed by atoms with Gasteiger partial charge in [0.1, 0.15) is 5.75 Å². The Morgan fingerprint density at radius 1 is 0.867 bits per heavy atom. The molecule has 0 fully saturated rings. The van der Waals surface area contributed by atoms with Crippen LogP contribution in [0.25, 0.3) is 10.8 Å². The van der Waals surface area contributed by atoms with E-state index in [1.807, 2.05) is 30.3 Å². The van der Waals surface area contributed by atoms with Crippen LogP contribution >= 0.6 is 0 Å². The summed E-state index contributed by atoms with van der Waals surface area (Å²) >= 11 is 0. The molecule has 0 saturated carbocycles. The van der Waals surface area contributed by atoms with E-state index in [-0.39, 0.29) is 18.3 Å². The van der Waals surface area contributed by atoms with Gasteiger partial charge in [-0.05, 0) is 59.7 Å². The SMILES string of the molecule is COc1ccc2cc(CN(C)C(=O)COc3ccc(C(C)=O)cc3OC)ccc2c1. The number of likely N-dealkylation sites (N-methyl/N-ethyl adjacent to an activating group) is 1. The lowest BCUT2D eigenvalue weighted by Gasteiger charge is -2.19. The lowest BCUT2D eigenvalue weighted by Crippen LogP contribution is -2.31. The number of ether oxygens (including phenoxy) is 3. The summed E-state index contributed by atoms with van der Waals surface area (Å²) in [7, 11) is 4.88. The molecule has 0 N–H and O–H groups in total. The Morgan fingerprint density at radius 2 is 1.60 bits per heavy atom. The third-order valence-corrected chi connectivity index (χ3v) is 4.88. The van der Waals surface area contributed by atoms with Gasteiger partial charge in [-0.1, -0.05) is 18.2 Å². The van der Waals surface area contributed by atoms with Crippen LogP contribution < -0.4 is 14.2 Å². The van der Waals surface area contributed by atoms with Gasteiger partial charge in [-0.25, -0.2) is 0 Å². The fourth-order valence-corrected chi connectivity index (χ4v) is 3.12. The van der Waals surface area contributed by atoms with Gasteiger partial charge in [0.2, 0.25) is 0 Å². The molecule has 0 spiro atoms. The summed E-state index contributed by atoms with van der Waals surface area (Å²) in [6, 6.07) is 16.9. The normalized spacial score (nSPS) is 10.5. The fraction of sp³-hybridized carbons (Fsp3) is 0.250. The number of fused-ring (bicyclic) bond motifs is 1. The van der Waals surface area contributed by atoms with Crippen molar-refractivity contribution in [1.29, 1.82) is 0 Å². The van der Waals surface area contributed by atoms with Crippen molar-refractivity contribution in [3.05, 3.63) is 65.7 Å². The third-order valence-electron chi connectivity index (χ3n) is 4.88. The van der Waals surface area contributed by atoms with Crippen LogP contribution in [0.4, 0.5) is 0 Å². The minimum absolute atomic E-state index is 0.0653. The summed E-state index contributed by atoms with van der Waals surface area (Å²) < 4.78 is 16.2. The minimum Gasteiger partial charge on any atom is -0.497 e. The van der Waals surface area contributed by atoms with E-state index < -0.39 is 0 Å². The number of ketones is 1. The topological polar surface area (TPSA) is 65.1 Å². The molecule has 0 aromatic heterocycles. The second kappa shape index (κ2) is 9.31. The predicted molar refractivity (Wildman–Crippen MR) is 115 cm³/mol. The van der Waals surface area contributed by atoms with Crippen molar-refractivity contribution < 1.29 is 23.8 Å². The molecule has 0 saturated heterocycles. The molecule has 0 bridgehead atoms. The van der Waals surface area contributed by atoms with Gasteiger partial charge in [0.25, 0.3) is 5.91 Å². The lowest BCUT2D eigenvalue weighted by molar-refractivity contribution is -0.132. The summed E-state index contributed by atoms with van der Waals surface area (Å²) in [6.45, 7) is 1.82. The number of hydrogen-bond donors (Lipinski definition) is 0. The van der Waals surface area contributed by atoms with Gasteiger partial charge in [0.05, 0.1) is 14.2 Å². The summed E-state index contributed by atoms with van der Waals surface area (Å²) in [5, 5.41) is 2.16. The molecular formula is C24H25NO5. The molecule has 0 radical (unpaired) electrons. The maximum atomic E-state index is 12.5. The average Bonchev–Trinajstić information content (AvgIpc) is 2.76. The molecule has 0 atom stereocenters. The number of benzene rings is 3. The molecule has 6 heteroatoms. The Labute approximate surface area is 176 Å². The van der Waals surface area contributed by atoms with E-state index in [1.165, 1.54) is 14.0 Å². The van der Waals surface area contributed by atoms with E-state index in [9.17, 15) is 9.59 Å². The molecule has 0 aliphatic carbocycles. The second-order valence-electron chi connectivity index (χ2n) is 7.01. The average molecular weight is 407 g/mol. The van der Waals surface area contributed by atoms with Crippen molar-refractivity contribution in [1.82, 2.24) is 4.90 Å². The molecule has 3 aromatic carbocycles.